The number of carboxylic acid groups (broad SMARTS) is 3. The molecule has 0 aliphatic rings. The molecular formula is C21H29N3O8S. The Balaban J connectivity index is 2.36. The number of hydrogen-bond donors (Lipinski definition) is 5. The Morgan fingerprint density at radius 1 is 1.03 bits per heavy atom. The van der Waals surface area contributed by atoms with Crippen LogP contribution in [0.5, 0.6) is 0 Å². The van der Waals surface area contributed by atoms with Crippen LogP contribution in [0.2, 0.25) is 0 Å². The molecule has 0 bridgehead atoms. The first kappa shape index (κ1) is 27.9. The molecule has 11 nitrogen and oxygen atoms in total. The van der Waals surface area contributed by atoms with Crippen LogP contribution in [0.1, 0.15) is 37.7 Å². The number of carbonyl (C=O) groups is 4. The Hall–Kier alpha value is -3.09. The van der Waals surface area contributed by atoms with Crippen molar-refractivity contribution in [1.29, 1.82) is 0 Å². The van der Waals surface area contributed by atoms with E-state index in [9.17, 15) is 24.3 Å². The average Bonchev–Trinajstić information content (AvgIpc) is 2.75. The normalized spacial score (nSPS) is 12.5. The molecular weight excluding hydrogens is 454 g/mol. The predicted molar refractivity (Wildman–Crippen MR) is 122 cm³/mol. The fourth-order valence-corrected chi connectivity index (χ4v) is 3.10. The van der Waals surface area contributed by atoms with E-state index in [4.69, 9.17) is 27.2 Å². The van der Waals surface area contributed by atoms with Gasteiger partial charge in [0.25, 0.3) is 0 Å². The van der Waals surface area contributed by atoms with Gasteiger partial charge in [0.2, 0.25) is 5.05 Å². The Morgan fingerprint density at radius 3 is 2.27 bits per heavy atom. The number of unbranched alkanes of at least 4 members (excludes halogenated alkanes) is 1. The SMILES string of the molecule is CN(CN[C@@H](CCC(=O)O)C(=O)O)[C@@H](CCCCNC(=O)OC(=S)c1ccccc1)C(=O)O. The first-order chi connectivity index (χ1) is 15.6. The summed E-state index contributed by atoms with van der Waals surface area (Å²) in [5.41, 5.74) is 0.608. The first-order valence-corrected chi connectivity index (χ1v) is 10.7. The molecule has 0 spiro atoms. The maximum atomic E-state index is 11.8. The number of ether oxygens (including phenoxy) is 1. The van der Waals surface area contributed by atoms with E-state index in [1.165, 1.54) is 11.9 Å². The molecule has 0 aliphatic heterocycles. The molecule has 1 rings (SSSR count). The number of thiocarbonyl (C=S) groups is 1. The maximum absolute atomic E-state index is 11.8. The second-order valence-corrected chi connectivity index (χ2v) is 7.63. The number of amides is 1. The number of aliphatic carboxylic acids is 3. The van der Waals surface area contributed by atoms with Gasteiger partial charge in [0.15, 0.2) is 0 Å². The number of benzene rings is 1. The second kappa shape index (κ2) is 14.9. The van der Waals surface area contributed by atoms with E-state index in [1.807, 2.05) is 6.07 Å². The summed E-state index contributed by atoms with van der Waals surface area (Å²) in [4.78, 5) is 46.7. The van der Waals surface area contributed by atoms with Crippen molar-refractivity contribution in [2.45, 2.75) is 44.2 Å². The standard InChI is InChI=1S/C21H29N3O8S/c1-24(13-23-15(18(27)28)10-11-17(25)26)16(19(29)30)9-5-6-12-22-21(31)32-20(33)14-7-3-2-4-8-14/h2-4,7-8,15-16,23H,5-6,9-13H2,1H3,(H,22,31)(H,25,26)(H,27,28)(H,29,30)/t15-,16-/m0/s1. The molecule has 0 saturated heterocycles. The third-order valence-corrected chi connectivity index (χ3v) is 5.04. The van der Waals surface area contributed by atoms with Gasteiger partial charge in [-0.15, -0.1) is 0 Å². The monoisotopic (exact) mass is 483 g/mol. The molecule has 0 unspecified atom stereocenters. The summed E-state index contributed by atoms with van der Waals surface area (Å²) in [5, 5.41) is 32.6. The van der Waals surface area contributed by atoms with Gasteiger partial charge in [0.05, 0.1) is 0 Å². The van der Waals surface area contributed by atoms with Crippen LogP contribution in [0.25, 0.3) is 0 Å². The lowest BCUT2D eigenvalue weighted by atomic mass is 10.1. The van der Waals surface area contributed by atoms with Crippen molar-refractivity contribution in [1.82, 2.24) is 15.5 Å². The maximum Gasteiger partial charge on any atom is 0.413 e. The number of likely N-dealkylation sites (N-methyl/N-ethyl adjacent to an activating group) is 1. The Morgan fingerprint density at radius 2 is 1.70 bits per heavy atom. The molecule has 0 saturated carbocycles. The zero-order valence-corrected chi connectivity index (χ0v) is 19.0. The van der Waals surface area contributed by atoms with Gasteiger partial charge in [0, 0.05) is 25.2 Å². The van der Waals surface area contributed by atoms with Crippen molar-refractivity contribution in [3.8, 4) is 0 Å². The highest BCUT2D eigenvalue weighted by Gasteiger charge is 2.24. The Labute approximate surface area is 196 Å². The number of hydrogen-bond acceptors (Lipinski definition) is 8. The van der Waals surface area contributed by atoms with Crippen LogP contribution in [0.15, 0.2) is 30.3 Å². The molecule has 33 heavy (non-hydrogen) atoms. The fourth-order valence-electron chi connectivity index (χ4n) is 2.88. The van der Waals surface area contributed by atoms with Gasteiger partial charge < -0.3 is 25.4 Å². The summed E-state index contributed by atoms with van der Waals surface area (Å²) in [6.45, 7) is 0.218. The zero-order valence-electron chi connectivity index (χ0n) is 18.2. The number of carboxylic acids is 3. The van der Waals surface area contributed by atoms with E-state index < -0.39 is 36.1 Å². The molecule has 0 aliphatic carbocycles. The van der Waals surface area contributed by atoms with Gasteiger partial charge in [0.1, 0.15) is 12.1 Å². The van der Waals surface area contributed by atoms with Gasteiger partial charge in [-0.3, -0.25) is 24.6 Å². The van der Waals surface area contributed by atoms with E-state index in [1.54, 1.807) is 24.3 Å². The van der Waals surface area contributed by atoms with Crippen LogP contribution in [0.4, 0.5) is 4.79 Å². The minimum atomic E-state index is -1.21. The molecule has 0 fully saturated rings. The Kier molecular flexibility index (Phi) is 12.6. The van der Waals surface area contributed by atoms with Crippen molar-refractivity contribution in [3.63, 3.8) is 0 Å². The minimum Gasteiger partial charge on any atom is -0.481 e. The summed E-state index contributed by atoms with van der Waals surface area (Å²) in [7, 11) is 1.53. The van der Waals surface area contributed by atoms with Crippen LogP contribution < -0.4 is 10.6 Å². The summed E-state index contributed by atoms with van der Waals surface area (Å²) < 4.78 is 5.03. The van der Waals surface area contributed by atoms with Gasteiger partial charge in [-0.2, -0.15) is 0 Å². The topological polar surface area (TPSA) is 166 Å². The number of alkyl carbamates (subject to hydrolysis) is 1. The van der Waals surface area contributed by atoms with E-state index in [-0.39, 0.29) is 37.5 Å². The van der Waals surface area contributed by atoms with Crippen LogP contribution in [-0.2, 0) is 19.1 Å². The summed E-state index contributed by atoms with van der Waals surface area (Å²) in [6, 6.07) is 6.81. The molecule has 0 aromatic heterocycles. The fraction of sp³-hybridized carbons (Fsp3) is 0.476. The highest BCUT2D eigenvalue weighted by molar-refractivity contribution is 7.80. The molecule has 0 heterocycles. The third-order valence-electron chi connectivity index (χ3n) is 4.72. The lowest BCUT2D eigenvalue weighted by Crippen LogP contribution is -2.48. The second-order valence-electron chi connectivity index (χ2n) is 7.26. The summed E-state index contributed by atoms with van der Waals surface area (Å²) >= 11 is 5.05. The van der Waals surface area contributed by atoms with Crippen LogP contribution >= 0.6 is 12.2 Å². The smallest absolute Gasteiger partial charge is 0.413 e. The number of nitrogens with one attached hydrogen (secondary N) is 2. The predicted octanol–water partition coefficient (Wildman–Crippen LogP) is 1.51. The van der Waals surface area contributed by atoms with Crippen molar-refractivity contribution in [2.24, 2.45) is 0 Å². The third kappa shape index (κ3) is 11.4. The van der Waals surface area contributed by atoms with E-state index in [0.717, 1.165) is 0 Å². The van der Waals surface area contributed by atoms with Gasteiger partial charge >= 0.3 is 24.0 Å². The lowest BCUT2D eigenvalue weighted by molar-refractivity contribution is -0.143. The molecule has 0 radical (unpaired) electrons. The molecule has 1 aromatic rings. The zero-order chi connectivity index (χ0) is 24.8. The molecule has 12 heteroatoms. The number of rotatable bonds is 15. The number of carbonyl (C=O) groups excluding carboxylic acids is 1. The van der Waals surface area contributed by atoms with Crippen LogP contribution in [-0.4, -0.2) is 81.6 Å². The lowest BCUT2D eigenvalue weighted by Gasteiger charge is -2.26. The molecule has 2 atom stereocenters. The Bertz CT molecular complexity index is 821. The van der Waals surface area contributed by atoms with Crippen molar-refractivity contribution >= 4 is 41.3 Å². The van der Waals surface area contributed by atoms with Gasteiger partial charge in [-0.05, 0) is 44.9 Å². The quantitative estimate of drug-likeness (QED) is 0.139. The van der Waals surface area contributed by atoms with Crippen molar-refractivity contribution in [2.75, 3.05) is 20.3 Å². The number of nitrogens with zero attached hydrogens (tertiary/aromatic N) is 1. The van der Waals surface area contributed by atoms with E-state index in [2.05, 4.69) is 10.6 Å². The van der Waals surface area contributed by atoms with Gasteiger partial charge in [-0.1, -0.05) is 30.3 Å². The summed E-state index contributed by atoms with van der Waals surface area (Å²) in [6.07, 6.45) is 0.106. The van der Waals surface area contributed by atoms with Crippen molar-refractivity contribution in [3.05, 3.63) is 35.9 Å². The van der Waals surface area contributed by atoms with Crippen molar-refractivity contribution < 1.29 is 39.2 Å². The molecule has 5 N–H and O–H groups in total. The summed E-state index contributed by atoms with van der Waals surface area (Å²) in [5.74, 6) is -3.39. The van der Waals surface area contributed by atoms with E-state index >= 15 is 0 Å². The van der Waals surface area contributed by atoms with Crippen LogP contribution in [0.3, 0.4) is 0 Å². The molecule has 1 amide bonds. The molecule has 182 valence electrons. The minimum absolute atomic E-state index is 0.0466. The first-order valence-electron chi connectivity index (χ1n) is 10.3. The largest absolute Gasteiger partial charge is 0.481 e. The molecule has 1 aromatic carbocycles. The van der Waals surface area contributed by atoms with E-state index in [0.29, 0.717) is 18.4 Å². The highest BCUT2D eigenvalue weighted by Crippen LogP contribution is 2.08. The average molecular weight is 484 g/mol. The van der Waals surface area contributed by atoms with Gasteiger partial charge in [-0.25, -0.2) is 4.79 Å². The highest BCUT2D eigenvalue weighted by atomic mass is 32.1. The van der Waals surface area contributed by atoms with Crippen LogP contribution in [0, 0.1) is 0 Å².